The van der Waals surface area contributed by atoms with Crippen LogP contribution in [-0.2, 0) is 6.54 Å². The monoisotopic (exact) mass is 449 g/mol. The van der Waals surface area contributed by atoms with E-state index in [1.165, 1.54) is 0 Å². The molecule has 0 heterocycles. The van der Waals surface area contributed by atoms with E-state index in [-0.39, 0.29) is 5.91 Å². The van der Waals surface area contributed by atoms with Gasteiger partial charge in [0.25, 0.3) is 5.91 Å². The van der Waals surface area contributed by atoms with Crippen LogP contribution in [-0.4, -0.2) is 5.91 Å². The number of carbonyl (C=O) groups excluding carboxylic acids is 1. The van der Waals surface area contributed by atoms with Crippen molar-refractivity contribution in [3.8, 4) is 0 Å². The highest BCUT2D eigenvalue weighted by Gasteiger charge is 2.20. The quantitative estimate of drug-likeness (QED) is 0.324. The lowest BCUT2D eigenvalue weighted by Crippen LogP contribution is -2.30. The molecule has 0 atom stereocenters. The molecule has 28 heavy (non-hydrogen) atoms. The molecule has 0 aromatic heterocycles. The van der Waals surface area contributed by atoms with Gasteiger partial charge in [-0.05, 0) is 52.7 Å². The van der Waals surface area contributed by atoms with Gasteiger partial charge in [-0.1, -0.05) is 82.1 Å². The van der Waals surface area contributed by atoms with Gasteiger partial charge >= 0.3 is 0 Å². The van der Waals surface area contributed by atoms with E-state index in [4.69, 9.17) is 11.6 Å². The lowest BCUT2D eigenvalue weighted by Gasteiger charge is -2.24. The van der Waals surface area contributed by atoms with E-state index in [0.717, 1.165) is 26.5 Å². The highest BCUT2D eigenvalue weighted by Crippen LogP contribution is 2.27. The molecule has 4 rings (SSSR count). The number of amides is 1. The topological polar surface area (TPSA) is 20.3 Å². The molecule has 0 aliphatic rings. The van der Waals surface area contributed by atoms with Crippen molar-refractivity contribution in [2.24, 2.45) is 0 Å². The third-order valence-corrected chi connectivity index (χ3v) is 5.40. The minimum absolute atomic E-state index is 0.0537. The molecule has 138 valence electrons. The summed E-state index contributed by atoms with van der Waals surface area (Å²) in [5.41, 5.74) is 2.49. The van der Waals surface area contributed by atoms with Crippen molar-refractivity contribution < 1.29 is 4.79 Å². The summed E-state index contributed by atoms with van der Waals surface area (Å²) in [6, 6.07) is 29.1. The van der Waals surface area contributed by atoms with Crippen molar-refractivity contribution in [3.05, 3.63) is 112 Å². The summed E-state index contributed by atoms with van der Waals surface area (Å²) in [5.74, 6) is -0.0537. The Kier molecular flexibility index (Phi) is 5.47. The fourth-order valence-corrected chi connectivity index (χ4v) is 3.70. The molecule has 0 N–H and O–H groups in total. The summed E-state index contributed by atoms with van der Waals surface area (Å²) < 4.78 is 1.01. The first kappa shape index (κ1) is 18.7. The third-order valence-electron chi connectivity index (χ3n) is 4.64. The zero-order valence-electron chi connectivity index (χ0n) is 15.0. The van der Waals surface area contributed by atoms with Gasteiger partial charge in [-0.15, -0.1) is 0 Å². The maximum atomic E-state index is 13.6. The van der Waals surface area contributed by atoms with Crippen molar-refractivity contribution in [3.63, 3.8) is 0 Å². The van der Waals surface area contributed by atoms with E-state index in [1.54, 1.807) is 4.90 Å². The first-order chi connectivity index (χ1) is 13.6. The molecular weight excluding hydrogens is 434 g/mol. The zero-order chi connectivity index (χ0) is 19.5. The van der Waals surface area contributed by atoms with Crippen LogP contribution >= 0.6 is 27.5 Å². The van der Waals surface area contributed by atoms with E-state index in [9.17, 15) is 4.79 Å². The van der Waals surface area contributed by atoms with Crippen molar-refractivity contribution in [1.82, 2.24) is 0 Å². The van der Waals surface area contributed by atoms with Crippen LogP contribution in [0.2, 0.25) is 5.02 Å². The van der Waals surface area contributed by atoms with E-state index < -0.39 is 0 Å². The van der Waals surface area contributed by atoms with Crippen LogP contribution in [0.25, 0.3) is 10.8 Å². The van der Waals surface area contributed by atoms with Crippen LogP contribution < -0.4 is 4.90 Å². The average Bonchev–Trinajstić information content (AvgIpc) is 2.72. The van der Waals surface area contributed by atoms with Gasteiger partial charge in [0.15, 0.2) is 0 Å². The molecule has 2 nitrogen and oxygen atoms in total. The summed E-state index contributed by atoms with van der Waals surface area (Å²) in [6.45, 7) is 0.454. The SMILES string of the molecule is O=C(c1cccc2ccccc12)N(Cc1ccc(Br)cc1)c1cccc(Cl)c1. The largest absolute Gasteiger partial charge is 0.304 e. The highest BCUT2D eigenvalue weighted by molar-refractivity contribution is 9.10. The Labute approximate surface area is 177 Å². The minimum atomic E-state index is -0.0537. The number of anilines is 1. The van der Waals surface area contributed by atoms with Gasteiger partial charge in [-0.25, -0.2) is 0 Å². The van der Waals surface area contributed by atoms with E-state index >= 15 is 0 Å². The summed E-state index contributed by atoms with van der Waals surface area (Å²) in [6.07, 6.45) is 0. The van der Waals surface area contributed by atoms with Gasteiger partial charge in [0.2, 0.25) is 0 Å². The Morgan fingerprint density at radius 1 is 0.857 bits per heavy atom. The van der Waals surface area contributed by atoms with Crippen LogP contribution in [0.4, 0.5) is 5.69 Å². The Balaban J connectivity index is 1.79. The molecule has 1 amide bonds. The number of hydrogen-bond acceptors (Lipinski definition) is 1. The molecule has 0 unspecified atom stereocenters. The lowest BCUT2D eigenvalue weighted by molar-refractivity contribution is 0.0986. The Morgan fingerprint density at radius 2 is 1.57 bits per heavy atom. The van der Waals surface area contributed by atoms with Crippen LogP contribution in [0.1, 0.15) is 15.9 Å². The molecule has 0 radical (unpaired) electrons. The number of rotatable bonds is 4. The summed E-state index contributed by atoms with van der Waals surface area (Å²) in [5, 5.41) is 2.59. The van der Waals surface area contributed by atoms with Gasteiger partial charge in [0.1, 0.15) is 0 Å². The molecule has 4 heteroatoms. The molecule has 4 aromatic rings. The van der Waals surface area contributed by atoms with Crippen LogP contribution in [0.5, 0.6) is 0 Å². The van der Waals surface area contributed by atoms with Crippen molar-refractivity contribution >= 4 is 49.9 Å². The molecular formula is C24H17BrClNO. The van der Waals surface area contributed by atoms with Crippen molar-refractivity contribution in [2.45, 2.75) is 6.54 Å². The zero-order valence-corrected chi connectivity index (χ0v) is 17.3. The number of halogens is 2. The number of carbonyl (C=O) groups is 1. The molecule has 0 saturated heterocycles. The molecule has 0 spiro atoms. The molecule has 4 aromatic carbocycles. The van der Waals surface area contributed by atoms with Crippen LogP contribution in [0.3, 0.4) is 0 Å². The molecule has 0 fully saturated rings. The molecule has 0 aliphatic heterocycles. The van der Waals surface area contributed by atoms with E-state index in [0.29, 0.717) is 17.1 Å². The fraction of sp³-hybridized carbons (Fsp3) is 0.0417. The second-order valence-electron chi connectivity index (χ2n) is 6.52. The first-order valence-corrected chi connectivity index (χ1v) is 10.1. The maximum absolute atomic E-state index is 13.6. The smallest absolute Gasteiger partial charge is 0.259 e. The predicted octanol–water partition coefficient (Wildman–Crippen LogP) is 7.10. The Morgan fingerprint density at radius 3 is 2.36 bits per heavy atom. The number of hydrogen-bond donors (Lipinski definition) is 0. The second kappa shape index (κ2) is 8.17. The second-order valence-corrected chi connectivity index (χ2v) is 7.88. The predicted molar refractivity (Wildman–Crippen MR) is 120 cm³/mol. The van der Waals surface area contributed by atoms with Gasteiger partial charge in [0, 0.05) is 20.7 Å². The van der Waals surface area contributed by atoms with Crippen molar-refractivity contribution in [1.29, 1.82) is 0 Å². The summed E-state index contributed by atoms with van der Waals surface area (Å²) in [4.78, 5) is 15.4. The maximum Gasteiger partial charge on any atom is 0.259 e. The van der Waals surface area contributed by atoms with Crippen molar-refractivity contribution in [2.75, 3.05) is 4.90 Å². The van der Waals surface area contributed by atoms with Gasteiger partial charge in [-0.3, -0.25) is 4.79 Å². The fourth-order valence-electron chi connectivity index (χ4n) is 3.25. The molecule has 0 saturated carbocycles. The van der Waals surface area contributed by atoms with Crippen LogP contribution in [0, 0.1) is 0 Å². The number of fused-ring (bicyclic) bond motifs is 1. The van der Waals surface area contributed by atoms with Gasteiger partial charge < -0.3 is 4.90 Å². The van der Waals surface area contributed by atoms with Gasteiger partial charge in [-0.2, -0.15) is 0 Å². The van der Waals surface area contributed by atoms with Gasteiger partial charge in [0.05, 0.1) is 6.54 Å². The minimum Gasteiger partial charge on any atom is -0.304 e. The lowest BCUT2D eigenvalue weighted by atomic mass is 10.0. The van der Waals surface area contributed by atoms with Crippen LogP contribution in [0.15, 0.2) is 95.5 Å². The third kappa shape index (κ3) is 3.96. The van der Waals surface area contributed by atoms with E-state index in [2.05, 4.69) is 15.9 Å². The number of benzene rings is 4. The Bertz CT molecular complexity index is 1140. The average molecular weight is 451 g/mol. The molecule has 0 bridgehead atoms. The normalized spacial score (nSPS) is 10.8. The first-order valence-electron chi connectivity index (χ1n) is 8.91. The number of nitrogens with zero attached hydrogens (tertiary/aromatic N) is 1. The van der Waals surface area contributed by atoms with E-state index in [1.807, 2.05) is 91.0 Å². The molecule has 0 aliphatic carbocycles. The standard InChI is InChI=1S/C24H17BrClNO/c25-19-13-11-17(12-14-19)16-27(21-8-4-7-20(26)15-21)24(28)23-10-3-6-18-5-1-2-9-22(18)23/h1-15H,16H2. The summed E-state index contributed by atoms with van der Waals surface area (Å²) >= 11 is 9.68. The Hall–Kier alpha value is -2.62. The highest BCUT2D eigenvalue weighted by atomic mass is 79.9. The summed E-state index contributed by atoms with van der Waals surface area (Å²) in [7, 11) is 0.